The highest BCUT2D eigenvalue weighted by atomic mass is 32.2. The summed E-state index contributed by atoms with van der Waals surface area (Å²) in [6, 6.07) is 11.1. The molecule has 0 radical (unpaired) electrons. The van der Waals surface area contributed by atoms with E-state index in [4.69, 9.17) is 4.74 Å². The predicted octanol–water partition coefficient (Wildman–Crippen LogP) is 5.10. The average Bonchev–Trinajstić information content (AvgIpc) is 2.94. The molecule has 2 aromatic rings. The first-order chi connectivity index (χ1) is 9.96. The SMILES string of the molecule is Cc1cc([S+]2CCCC2)c2ccccc2c1OC(C)(C)C. The van der Waals surface area contributed by atoms with Crippen LogP contribution >= 0.6 is 0 Å². The van der Waals surface area contributed by atoms with Crippen LogP contribution in [0.3, 0.4) is 0 Å². The summed E-state index contributed by atoms with van der Waals surface area (Å²) in [4.78, 5) is 1.56. The van der Waals surface area contributed by atoms with Crippen LogP contribution in [0.15, 0.2) is 35.2 Å². The van der Waals surface area contributed by atoms with Gasteiger partial charge in [0.05, 0.1) is 0 Å². The van der Waals surface area contributed by atoms with E-state index in [1.165, 1.54) is 40.7 Å². The molecule has 1 aliphatic rings. The fourth-order valence-corrected chi connectivity index (χ4v) is 5.58. The first-order valence-electron chi connectivity index (χ1n) is 7.84. The largest absolute Gasteiger partial charge is 0.487 e. The van der Waals surface area contributed by atoms with E-state index in [0.29, 0.717) is 10.9 Å². The Kier molecular flexibility index (Phi) is 3.92. The summed E-state index contributed by atoms with van der Waals surface area (Å²) in [5.74, 6) is 3.79. The van der Waals surface area contributed by atoms with Gasteiger partial charge in [-0.05, 0) is 52.2 Å². The predicted molar refractivity (Wildman–Crippen MR) is 93.7 cm³/mol. The quantitative estimate of drug-likeness (QED) is 0.701. The molecule has 1 saturated heterocycles. The molecule has 1 aliphatic heterocycles. The Hall–Kier alpha value is -1.15. The third-order valence-corrected chi connectivity index (χ3v) is 6.42. The van der Waals surface area contributed by atoms with Gasteiger partial charge in [-0.25, -0.2) is 0 Å². The molecule has 0 amide bonds. The monoisotopic (exact) mass is 301 g/mol. The second kappa shape index (κ2) is 5.57. The van der Waals surface area contributed by atoms with E-state index >= 15 is 0 Å². The van der Waals surface area contributed by atoms with E-state index in [9.17, 15) is 0 Å². The molecule has 1 heterocycles. The summed E-state index contributed by atoms with van der Waals surface area (Å²) in [5.41, 5.74) is 1.11. The molecule has 112 valence electrons. The zero-order valence-electron chi connectivity index (χ0n) is 13.5. The maximum atomic E-state index is 6.27. The lowest BCUT2D eigenvalue weighted by Gasteiger charge is -2.24. The van der Waals surface area contributed by atoms with Gasteiger partial charge in [-0.1, -0.05) is 18.2 Å². The molecule has 0 atom stereocenters. The van der Waals surface area contributed by atoms with Crippen LogP contribution in [0.5, 0.6) is 5.75 Å². The summed E-state index contributed by atoms with van der Waals surface area (Å²) in [6.07, 6.45) is 2.77. The standard InChI is InChI=1S/C19H25OS/c1-14-13-17(21-11-7-8-12-21)15-9-5-6-10-16(15)18(14)20-19(2,3)4/h5-6,9-10,13H,7-8,11-12H2,1-4H3/q+1. The lowest BCUT2D eigenvalue weighted by atomic mass is 10.0. The molecule has 3 rings (SSSR count). The Bertz CT molecular complexity index is 648. The third-order valence-electron chi connectivity index (χ3n) is 3.89. The van der Waals surface area contributed by atoms with Gasteiger partial charge < -0.3 is 4.74 Å². The summed E-state index contributed by atoms with van der Waals surface area (Å²) < 4.78 is 6.27. The van der Waals surface area contributed by atoms with E-state index in [-0.39, 0.29) is 5.60 Å². The summed E-state index contributed by atoms with van der Waals surface area (Å²) in [6.45, 7) is 8.55. The highest BCUT2D eigenvalue weighted by Gasteiger charge is 2.30. The maximum absolute atomic E-state index is 6.27. The molecule has 1 nitrogen and oxygen atoms in total. The Morgan fingerprint density at radius 2 is 1.62 bits per heavy atom. The molecule has 0 N–H and O–H groups in total. The highest BCUT2D eigenvalue weighted by molar-refractivity contribution is 7.97. The summed E-state index contributed by atoms with van der Waals surface area (Å²) in [7, 11) is 0.438. The van der Waals surface area contributed by atoms with Gasteiger partial charge in [-0.3, -0.25) is 0 Å². The van der Waals surface area contributed by atoms with E-state index in [1.807, 2.05) is 0 Å². The molecular formula is C19H25OS+. The second-order valence-electron chi connectivity index (χ2n) is 6.89. The number of ether oxygens (including phenoxy) is 1. The molecule has 0 aliphatic carbocycles. The Morgan fingerprint density at radius 3 is 2.24 bits per heavy atom. The van der Waals surface area contributed by atoms with Crippen molar-refractivity contribution in [2.24, 2.45) is 0 Å². The smallest absolute Gasteiger partial charge is 0.163 e. The minimum atomic E-state index is -0.162. The van der Waals surface area contributed by atoms with Crippen LogP contribution in [0.2, 0.25) is 0 Å². The zero-order chi connectivity index (χ0) is 15.0. The van der Waals surface area contributed by atoms with Crippen molar-refractivity contribution in [3.05, 3.63) is 35.9 Å². The van der Waals surface area contributed by atoms with Crippen LogP contribution in [-0.4, -0.2) is 17.1 Å². The molecule has 0 saturated carbocycles. The minimum Gasteiger partial charge on any atom is -0.487 e. The Labute approximate surface area is 131 Å². The van der Waals surface area contributed by atoms with Crippen LogP contribution in [0.4, 0.5) is 0 Å². The molecule has 2 heteroatoms. The van der Waals surface area contributed by atoms with Crippen LogP contribution in [0.25, 0.3) is 10.8 Å². The van der Waals surface area contributed by atoms with Gasteiger partial charge in [0.25, 0.3) is 0 Å². The summed E-state index contributed by atoms with van der Waals surface area (Å²) >= 11 is 0. The van der Waals surface area contributed by atoms with Crippen LogP contribution in [0, 0.1) is 6.92 Å². The second-order valence-corrected chi connectivity index (χ2v) is 9.13. The van der Waals surface area contributed by atoms with Crippen molar-refractivity contribution in [2.75, 3.05) is 11.5 Å². The Morgan fingerprint density at radius 1 is 1.00 bits per heavy atom. The van der Waals surface area contributed by atoms with Gasteiger partial charge >= 0.3 is 0 Å². The maximum Gasteiger partial charge on any atom is 0.163 e. The number of rotatable bonds is 2. The molecule has 1 fully saturated rings. The fraction of sp³-hybridized carbons (Fsp3) is 0.474. The van der Waals surface area contributed by atoms with Gasteiger partial charge in [0.15, 0.2) is 4.90 Å². The lowest BCUT2D eigenvalue weighted by molar-refractivity contribution is 0.132. The van der Waals surface area contributed by atoms with Crippen molar-refractivity contribution in [1.82, 2.24) is 0 Å². The van der Waals surface area contributed by atoms with E-state index in [2.05, 4.69) is 58.0 Å². The van der Waals surface area contributed by atoms with Crippen LogP contribution in [-0.2, 0) is 10.9 Å². The molecule has 2 aromatic carbocycles. The first-order valence-corrected chi connectivity index (χ1v) is 9.41. The molecule has 0 aromatic heterocycles. The van der Waals surface area contributed by atoms with E-state index < -0.39 is 0 Å². The topological polar surface area (TPSA) is 9.23 Å². The van der Waals surface area contributed by atoms with Gasteiger partial charge in [-0.2, -0.15) is 0 Å². The number of fused-ring (bicyclic) bond motifs is 1. The van der Waals surface area contributed by atoms with E-state index in [0.717, 1.165) is 5.75 Å². The number of hydrogen-bond donors (Lipinski definition) is 0. The average molecular weight is 301 g/mol. The molecule has 21 heavy (non-hydrogen) atoms. The molecular weight excluding hydrogens is 276 g/mol. The van der Waals surface area contributed by atoms with Crippen molar-refractivity contribution in [1.29, 1.82) is 0 Å². The van der Waals surface area contributed by atoms with Gasteiger partial charge in [-0.15, -0.1) is 0 Å². The fourth-order valence-electron chi connectivity index (χ4n) is 3.00. The van der Waals surface area contributed by atoms with Gasteiger partial charge in [0, 0.05) is 27.7 Å². The molecule has 0 spiro atoms. The third kappa shape index (κ3) is 3.06. The van der Waals surface area contributed by atoms with Crippen molar-refractivity contribution in [3.63, 3.8) is 0 Å². The van der Waals surface area contributed by atoms with Gasteiger partial charge in [0.2, 0.25) is 0 Å². The Balaban J connectivity index is 2.18. The minimum absolute atomic E-state index is 0.162. The van der Waals surface area contributed by atoms with E-state index in [1.54, 1.807) is 4.90 Å². The summed E-state index contributed by atoms with van der Waals surface area (Å²) in [5, 5.41) is 2.68. The molecule has 0 unspecified atom stereocenters. The number of benzene rings is 2. The normalized spacial score (nSPS) is 16.6. The number of hydrogen-bond acceptors (Lipinski definition) is 1. The highest BCUT2D eigenvalue weighted by Crippen LogP contribution is 2.38. The van der Waals surface area contributed by atoms with Crippen molar-refractivity contribution in [3.8, 4) is 5.75 Å². The lowest BCUT2D eigenvalue weighted by Crippen LogP contribution is -2.23. The number of aryl methyl sites for hydroxylation is 1. The molecule has 0 bridgehead atoms. The zero-order valence-corrected chi connectivity index (χ0v) is 14.3. The van der Waals surface area contributed by atoms with Crippen LogP contribution < -0.4 is 4.74 Å². The van der Waals surface area contributed by atoms with Crippen molar-refractivity contribution >= 4 is 21.7 Å². The first kappa shape index (κ1) is 14.8. The van der Waals surface area contributed by atoms with Crippen LogP contribution in [0.1, 0.15) is 39.2 Å². The van der Waals surface area contributed by atoms with Gasteiger partial charge in [0.1, 0.15) is 22.9 Å². The van der Waals surface area contributed by atoms with Crippen molar-refractivity contribution < 1.29 is 4.74 Å². The van der Waals surface area contributed by atoms with Crippen molar-refractivity contribution in [2.45, 2.75) is 51.0 Å².